The fourth-order valence-electron chi connectivity index (χ4n) is 0.901. The van der Waals surface area contributed by atoms with Gasteiger partial charge in [-0.3, -0.25) is 14.9 Å². The Morgan fingerprint density at radius 1 is 1.62 bits per heavy atom. The lowest BCUT2D eigenvalue weighted by molar-refractivity contribution is -0.385. The molecule has 0 saturated carbocycles. The van der Waals surface area contributed by atoms with Gasteiger partial charge in [0.2, 0.25) is 0 Å². The van der Waals surface area contributed by atoms with Crippen molar-refractivity contribution in [1.29, 1.82) is 0 Å². The van der Waals surface area contributed by atoms with Crippen molar-refractivity contribution < 1.29 is 14.5 Å². The second-order valence-corrected chi connectivity index (χ2v) is 3.70. The van der Waals surface area contributed by atoms with Gasteiger partial charge in [-0.05, 0) is 13.0 Å². The van der Waals surface area contributed by atoms with Crippen LogP contribution in [0.5, 0.6) is 0 Å². The Balaban J connectivity index is 2.49. The number of hydrogen-bond donors (Lipinski definition) is 0. The van der Waals surface area contributed by atoms with Crippen LogP contribution in [0.3, 0.4) is 0 Å². The van der Waals surface area contributed by atoms with Gasteiger partial charge in [0.15, 0.2) is 0 Å². The van der Waals surface area contributed by atoms with Crippen LogP contribution in [0.2, 0.25) is 0 Å². The molecule has 6 nitrogen and oxygen atoms in total. The molecule has 0 aliphatic carbocycles. The Bertz CT molecular complexity index is 380. The van der Waals surface area contributed by atoms with Crippen molar-refractivity contribution in [3.05, 3.63) is 28.4 Å². The lowest BCUT2D eigenvalue weighted by Crippen LogP contribution is -2.06. The summed E-state index contributed by atoms with van der Waals surface area (Å²) in [5.74, 6) is -0.175. The van der Waals surface area contributed by atoms with E-state index >= 15 is 0 Å². The first kappa shape index (κ1) is 12.4. The second-order valence-electron chi connectivity index (χ2n) is 2.71. The molecule has 0 aliphatic rings. The van der Waals surface area contributed by atoms with Crippen LogP contribution in [0.4, 0.5) is 5.69 Å². The molecule has 16 heavy (non-hydrogen) atoms. The zero-order valence-electron chi connectivity index (χ0n) is 8.58. The van der Waals surface area contributed by atoms with E-state index in [-0.39, 0.29) is 17.4 Å². The Morgan fingerprint density at radius 2 is 2.38 bits per heavy atom. The molecule has 0 fully saturated rings. The number of rotatable bonds is 5. The first-order chi connectivity index (χ1) is 7.63. The number of thioether (sulfide) groups is 1. The van der Waals surface area contributed by atoms with Crippen molar-refractivity contribution in [2.45, 2.75) is 11.9 Å². The molecule has 0 saturated heterocycles. The number of nitrogens with zero attached hydrogens (tertiary/aromatic N) is 2. The Labute approximate surface area is 96.2 Å². The van der Waals surface area contributed by atoms with Gasteiger partial charge in [0.05, 0.1) is 22.3 Å². The molecule has 0 spiro atoms. The Morgan fingerprint density at radius 3 is 2.88 bits per heavy atom. The molecule has 1 heterocycles. The summed E-state index contributed by atoms with van der Waals surface area (Å²) in [6.45, 7) is 2.07. The highest BCUT2D eigenvalue weighted by Crippen LogP contribution is 2.18. The smallest absolute Gasteiger partial charge is 0.316 e. The first-order valence-corrected chi connectivity index (χ1v) is 5.51. The minimum atomic E-state index is -0.521. The zero-order chi connectivity index (χ0) is 12.0. The Hall–Kier alpha value is -1.63. The summed E-state index contributed by atoms with van der Waals surface area (Å²) in [5.41, 5.74) is -0.0690. The molecule has 0 aromatic carbocycles. The topological polar surface area (TPSA) is 82.3 Å². The minimum absolute atomic E-state index is 0.0690. The predicted octanol–water partition coefficient (Wildman–Crippen LogP) is 1.64. The summed E-state index contributed by atoms with van der Waals surface area (Å²) in [6, 6.07) is 2.85. The monoisotopic (exact) mass is 242 g/mol. The lowest BCUT2D eigenvalue weighted by Gasteiger charge is -2.00. The van der Waals surface area contributed by atoms with Gasteiger partial charge in [0.1, 0.15) is 6.20 Å². The molecule has 86 valence electrons. The Kier molecular flexibility index (Phi) is 4.71. The number of esters is 1. The number of ether oxygens (including phenoxy) is 1. The van der Waals surface area contributed by atoms with Crippen LogP contribution < -0.4 is 0 Å². The average molecular weight is 242 g/mol. The van der Waals surface area contributed by atoms with E-state index in [1.807, 2.05) is 0 Å². The molecule has 0 N–H and O–H groups in total. The summed E-state index contributed by atoms with van der Waals surface area (Å²) >= 11 is 1.18. The van der Waals surface area contributed by atoms with Crippen molar-refractivity contribution >= 4 is 23.4 Å². The lowest BCUT2D eigenvalue weighted by atomic mass is 10.4. The third-order valence-corrected chi connectivity index (χ3v) is 2.49. The number of aromatic nitrogens is 1. The van der Waals surface area contributed by atoms with Gasteiger partial charge < -0.3 is 4.74 Å². The van der Waals surface area contributed by atoms with E-state index in [0.29, 0.717) is 11.6 Å². The van der Waals surface area contributed by atoms with Crippen molar-refractivity contribution in [2.75, 3.05) is 12.4 Å². The first-order valence-electron chi connectivity index (χ1n) is 4.52. The summed E-state index contributed by atoms with van der Waals surface area (Å²) in [4.78, 5) is 24.7. The van der Waals surface area contributed by atoms with Gasteiger partial charge in [-0.2, -0.15) is 0 Å². The van der Waals surface area contributed by atoms with Crippen LogP contribution >= 0.6 is 11.8 Å². The van der Waals surface area contributed by atoms with E-state index in [2.05, 4.69) is 4.98 Å². The molecule has 1 aromatic heterocycles. The standard InChI is InChI=1S/C9H10N2O4S/c1-2-15-9(12)6-16-8-4-3-7(5-10-8)11(13)14/h3-5H,2,6H2,1H3. The molecule has 1 aromatic rings. The highest BCUT2D eigenvalue weighted by Gasteiger charge is 2.07. The van der Waals surface area contributed by atoms with Crippen LogP contribution in [0.15, 0.2) is 23.4 Å². The fraction of sp³-hybridized carbons (Fsp3) is 0.333. The maximum atomic E-state index is 11.0. The largest absolute Gasteiger partial charge is 0.465 e. The van der Waals surface area contributed by atoms with E-state index < -0.39 is 4.92 Å². The highest BCUT2D eigenvalue weighted by atomic mass is 32.2. The molecule has 0 radical (unpaired) electrons. The van der Waals surface area contributed by atoms with Crippen LogP contribution in [0.25, 0.3) is 0 Å². The van der Waals surface area contributed by atoms with Crippen molar-refractivity contribution in [3.63, 3.8) is 0 Å². The fourth-order valence-corrected chi connectivity index (χ4v) is 1.54. The van der Waals surface area contributed by atoms with Gasteiger partial charge in [-0.1, -0.05) is 11.8 Å². The van der Waals surface area contributed by atoms with Gasteiger partial charge in [0.25, 0.3) is 5.69 Å². The van der Waals surface area contributed by atoms with Gasteiger partial charge in [0, 0.05) is 6.07 Å². The van der Waals surface area contributed by atoms with Crippen molar-refractivity contribution in [2.24, 2.45) is 0 Å². The van der Waals surface area contributed by atoms with Gasteiger partial charge >= 0.3 is 5.97 Å². The van der Waals surface area contributed by atoms with Crippen LogP contribution in [-0.2, 0) is 9.53 Å². The molecule has 0 atom stereocenters. The average Bonchev–Trinajstić information content (AvgIpc) is 2.27. The molecule has 0 aliphatic heterocycles. The number of nitro groups is 1. The van der Waals surface area contributed by atoms with Crippen LogP contribution in [0, 0.1) is 10.1 Å². The normalized spacial score (nSPS) is 9.81. The van der Waals surface area contributed by atoms with Crippen molar-refractivity contribution in [1.82, 2.24) is 4.98 Å². The van der Waals surface area contributed by atoms with Crippen LogP contribution in [-0.4, -0.2) is 28.2 Å². The van der Waals surface area contributed by atoms with Crippen molar-refractivity contribution in [3.8, 4) is 0 Å². The maximum Gasteiger partial charge on any atom is 0.316 e. The van der Waals surface area contributed by atoms with E-state index in [1.165, 1.54) is 23.9 Å². The second kappa shape index (κ2) is 6.06. The van der Waals surface area contributed by atoms with E-state index in [9.17, 15) is 14.9 Å². The number of carbonyl (C=O) groups is 1. The SMILES string of the molecule is CCOC(=O)CSc1ccc([N+](=O)[O-])cn1. The molecular formula is C9H10N2O4S. The zero-order valence-corrected chi connectivity index (χ0v) is 9.40. The molecule has 0 amide bonds. The maximum absolute atomic E-state index is 11.0. The van der Waals surface area contributed by atoms with Crippen LogP contribution in [0.1, 0.15) is 6.92 Å². The molecule has 1 rings (SSSR count). The van der Waals surface area contributed by atoms with E-state index in [4.69, 9.17) is 4.74 Å². The molecule has 0 bridgehead atoms. The molecule has 7 heteroatoms. The van der Waals surface area contributed by atoms with E-state index in [1.54, 1.807) is 6.92 Å². The van der Waals surface area contributed by atoms with Gasteiger partial charge in [-0.15, -0.1) is 0 Å². The summed E-state index contributed by atoms with van der Waals surface area (Å²) in [5, 5.41) is 10.9. The van der Waals surface area contributed by atoms with Gasteiger partial charge in [-0.25, -0.2) is 4.98 Å². The summed E-state index contributed by atoms with van der Waals surface area (Å²) in [7, 11) is 0. The molecular weight excluding hydrogens is 232 g/mol. The third kappa shape index (κ3) is 3.85. The third-order valence-electron chi connectivity index (χ3n) is 1.57. The molecule has 0 unspecified atom stereocenters. The van der Waals surface area contributed by atoms with E-state index in [0.717, 1.165) is 6.20 Å². The number of pyridine rings is 1. The quantitative estimate of drug-likeness (QED) is 0.338. The summed E-state index contributed by atoms with van der Waals surface area (Å²) in [6.07, 6.45) is 1.16. The predicted molar refractivity (Wildman–Crippen MR) is 58.2 cm³/mol. The minimum Gasteiger partial charge on any atom is -0.465 e. The summed E-state index contributed by atoms with van der Waals surface area (Å²) < 4.78 is 4.73. The number of hydrogen-bond acceptors (Lipinski definition) is 6. The number of carbonyl (C=O) groups excluding carboxylic acids is 1. The highest BCUT2D eigenvalue weighted by molar-refractivity contribution is 7.99.